The largest absolute Gasteiger partial charge is 0.497 e. The van der Waals surface area contributed by atoms with Crippen LogP contribution in [-0.4, -0.2) is 50.9 Å². The predicted molar refractivity (Wildman–Crippen MR) is 90.2 cm³/mol. The molecule has 1 unspecified atom stereocenters. The molecule has 1 aromatic rings. The van der Waals surface area contributed by atoms with Gasteiger partial charge < -0.3 is 10.1 Å². The molecule has 24 heavy (non-hydrogen) atoms. The van der Waals surface area contributed by atoms with Gasteiger partial charge in [0.15, 0.2) is 4.90 Å². The molecule has 1 spiro atoms. The summed E-state index contributed by atoms with van der Waals surface area (Å²) in [6, 6.07) is 3.84. The molecule has 0 radical (unpaired) electrons. The number of rotatable bonds is 4. The summed E-state index contributed by atoms with van der Waals surface area (Å²) in [5.41, 5.74) is -0.483. The van der Waals surface area contributed by atoms with Crippen LogP contribution in [0.4, 0.5) is 5.69 Å². The van der Waals surface area contributed by atoms with Crippen LogP contribution in [0, 0.1) is 15.5 Å². The lowest BCUT2D eigenvalue weighted by Crippen LogP contribution is -2.33. The number of nitrogens with one attached hydrogen (secondary N) is 1. The number of hydrogen-bond donors (Lipinski definition) is 1. The summed E-state index contributed by atoms with van der Waals surface area (Å²) in [5.74, 6) is 0.258. The van der Waals surface area contributed by atoms with Gasteiger partial charge in [-0.15, -0.1) is 12.4 Å². The number of halogens is 1. The molecule has 0 aromatic heterocycles. The number of methoxy groups -OCH3 is 1. The van der Waals surface area contributed by atoms with Crippen molar-refractivity contribution in [3.63, 3.8) is 0 Å². The number of benzene rings is 1. The van der Waals surface area contributed by atoms with Gasteiger partial charge in [-0.3, -0.25) is 10.1 Å². The van der Waals surface area contributed by atoms with E-state index in [0.717, 1.165) is 32.0 Å². The third kappa shape index (κ3) is 3.21. The van der Waals surface area contributed by atoms with Crippen LogP contribution in [0.2, 0.25) is 0 Å². The van der Waals surface area contributed by atoms with Crippen molar-refractivity contribution < 1.29 is 18.1 Å². The van der Waals surface area contributed by atoms with E-state index >= 15 is 0 Å². The van der Waals surface area contributed by atoms with Crippen molar-refractivity contribution in [2.45, 2.75) is 17.7 Å². The number of sulfonamides is 1. The highest BCUT2D eigenvalue weighted by atomic mass is 35.5. The third-order valence-corrected chi connectivity index (χ3v) is 6.61. The van der Waals surface area contributed by atoms with E-state index in [1.165, 1.54) is 23.5 Å². The summed E-state index contributed by atoms with van der Waals surface area (Å²) >= 11 is 0. The van der Waals surface area contributed by atoms with Crippen LogP contribution in [0.3, 0.4) is 0 Å². The maximum Gasteiger partial charge on any atom is 0.293 e. The van der Waals surface area contributed by atoms with Crippen LogP contribution in [0.15, 0.2) is 23.1 Å². The number of ether oxygens (including phenoxy) is 1. The summed E-state index contributed by atoms with van der Waals surface area (Å²) in [4.78, 5) is 10.3. The minimum absolute atomic E-state index is 0. The average Bonchev–Trinajstić information content (AvgIpc) is 3.17. The van der Waals surface area contributed by atoms with Gasteiger partial charge in [0.05, 0.1) is 18.1 Å². The van der Waals surface area contributed by atoms with E-state index in [4.69, 9.17) is 4.74 Å². The molecule has 0 bridgehead atoms. The molecule has 0 aliphatic carbocycles. The fourth-order valence-electron chi connectivity index (χ4n) is 3.37. The summed E-state index contributed by atoms with van der Waals surface area (Å²) in [7, 11) is -2.51. The number of nitro groups is 1. The topological polar surface area (TPSA) is 102 Å². The van der Waals surface area contributed by atoms with Crippen molar-refractivity contribution in [2.75, 3.05) is 33.3 Å². The Morgan fingerprint density at radius 1 is 1.38 bits per heavy atom. The van der Waals surface area contributed by atoms with E-state index < -0.39 is 20.6 Å². The quantitative estimate of drug-likeness (QED) is 0.628. The molecular weight excluding hydrogens is 358 g/mol. The number of nitro benzene ring substituents is 1. The molecule has 3 rings (SSSR count). The van der Waals surface area contributed by atoms with Gasteiger partial charge in [-0.1, -0.05) is 0 Å². The molecule has 0 amide bonds. The fourth-order valence-corrected chi connectivity index (χ4v) is 5.06. The van der Waals surface area contributed by atoms with Crippen LogP contribution in [-0.2, 0) is 10.0 Å². The minimum atomic E-state index is -3.89. The first-order valence-electron chi connectivity index (χ1n) is 7.41. The Morgan fingerprint density at radius 2 is 2.12 bits per heavy atom. The molecule has 2 aliphatic heterocycles. The Labute approximate surface area is 146 Å². The van der Waals surface area contributed by atoms with Gasteiger partial charge in [0, 0.05) is 19.6 Å². The summed E-state index contributed by atoms with van der Waals surface area (Å²) < 4.78 is 32.0. The van der Waals surface area contributed by atoms with Gasteiger partial charge >= 0.3 is 0 Å². The Hall–Kier alpha value is -1.42. The van der Waals surface area contributed by atoms with E-state index in [-0.39, 0.29) is 28.5 Å². The molecule has 2 fully saturated rings. The van der Waals surface area contributed by atoms with Gasteiger partial charge in [0.2, 0.25) is 10.0 Å². The number of nitrogens with zero attached hydrogens (tertiary/aromatic N) is 2. The van der Waals surface area contributed by atoms with Gasteiger partial charge in [0.25, 0.3) is 5.69 Å². The summed E-state index contributed by atoms with van der Waals surface area (Å²) in [6.07, 6.45) is 1.72. The highest BCUT2D eigenvalue weighted by Crippen LogP contribution is 2.40. The first kappa shape index (κ1) is 18.9. The molecule has 2 saturated heterocycles. The Balaban J connectivity index is 0.00000208. The van der Waals surface area contributed by atoms with Crippen molar-refractivity contribution >= 4 is 28.1 Å². The van der Waals surface area contributed by atoms with Gasteiger partial charge in [0.1, 0.15) is 5.75 Å². The molecule has 10 heteroatoms. The van der Waals surface area contributed by atoms with E-state index in [1.807, 2.05) is 0 Å². The molecule has 2 heterocycles. The maximum atomic E-state index is 12.9. The Bertz CT molecular complexity index is 734. The van der Waals surface area contributed by atoms with E-state index in [9.17, 15) is 18.5 Å². The maximum absolute atomic E-state index is 12.9. The Morgan fingerprint density at radius 3 is 2.71 bits per heavy atom. The third-order valence-electron chi connectivity index (χ3n) is 4.72. The molecule has 134 valence electrons. The molecule has 1 atom stereocenters. The van der Waals surface area contributed by atoms with Gasteiger partial charge in [-0.2, -0.15) is 4.31 Å². The molecule has 1 N–H and O–H groups in total. The smallest absolute Gasteiger partial charge is 0.293 e. The first-order valence-corrected chi connectivity index (χ1v) is 8.85. The van der Waals surface area contributed by atoms with Gasteiger partial charge in [-0.25, -0.2) is 8.42 Å². The first-order chi connectivity index (χ1) is 10.9. The second kappa shape index (κ2) is 6.83. The minimum Gasteiger partial charge on any atom is -0.497 e. The zero-order valence-electron chi connectivity index (χ0n) is 13.2. The van der Waals surface area contributed by atoms with Crippen LogP contribution in [0.5, 0.6) is 5.75 Å². The highest BCUT2D eigenvalue weighted by Gasteiger charge is 2.45. The standard InChI is InChI=1S/C14H19N3O5S.ClH/c1-22-11-2-3-13(12(8-11)17(18)19)23(20,21)16-7-5-14(10-16)4-6-15-9-14;/h2-3,8,15H,4-7,9-10H2,1H3;1H. The van der Waals surface area contributed by atoms with E-state index in [0.29, 0.717) is 13.1 Å². The Kier molecular flexibility index (Phi) is 5.38. The highest BCUT2D eigenvalue weighted by molar-refractivity contribution is 7.89. The average molecular weight is 378 g/mol. The second-order valence-electron chi connectivity index (χ2n) is 6.11. The summed E-state index contributed by atoms with van der Waals surface area (Å²) in [6.45, 7) is 2.49. The SMILES string of the molecule is COc1ccc(S(=O)(=O)N2CCC3(CCNC3)C2)c([N+](=O)[O-])c1.Cl. The van der Waals surface area contributed by atoms with E-state index in [1.54, 1.807) is 0 Å². The molecule has 8 nitrogen and oxygen atoms in total. The van der Waals surface area contributed by atoms with Crippen LogP contribution in [0.1, 0.15) is 12.8 Å². The van der Waals surface area contributed by atoms with Crippen LogP contribution < -0.4 is 10.1 Å². The second-order valence-corrected chi connectivity index (χ2v) is 8.01. The fraction of sp³-hybridized carbons (Fsp3) is 0.571. The van der Waals surface area contributed by atoms with Crippen molar-refractivity contribution in [2.24, 2.45) is 5.41 Å². The molecule has 2 aliphatic rings. The number of hydrogen-bond acceptors (Lipinski definition) is 6. The zero-order valence-corrected chi connectivity index (χ0v) is 14.9. The normalized spacial score (nSPS) is 24.0. The predicted octanol–water partition coefficient (Wildman–Crippen LogP) is 1.40. The molecular formula is C14H20ClN3O5S. The lowest BCUT2D eigenvalue weighted by atomic mass is 9.87. The van der Waals surface area contributed by atoms with Gasteiger partial charge in [-0.05, 0) is 36.9 Å². The van der Waals surface area contributed by atoms with Crippen molar-refractivity contribution in [3.8, 4) is 5.75 Å². The van der Waals surface area contributed by atoms with Crippen molar-refractivity contribution in [3.05, 3.63) is 28.3 Å². The van der Waals surface area contributed by atoms with Crippen molar-refractivity contribution in [1.82, 2.24) is 9.62 Å². The lowest BCUT2D eigenvalue weighted by Gasteiger charge is -2.22. The monoisotopic (exact) mass is 377 g/mol. The van der Waals surface area contributed by atoms with Crippen LogP contribution in [0.25, 0.3) is 0 Å². The zero-order chi connectivity index (χ0) is 16.7. The lowest BCUT2D eigenvalue weighted by molar-refractivity contribution is -0.387. The van der Waals surface area contributed by atoms with E-state index in [2.05, 4.69) is 5.32 Å². The van der Waals surface area contributed by atoms with Crippen molar-refractivity contribution in [1.29, 1.82) is 0 Å². The van der Waals surface area contributed by atoms with Crippen LogP contribution >= 0.6 is 12.4 Å². The molecule has 1 aromatic carbocycles. The molecule has 0 saturated carbocycles. The summed E-state index contributed by atoms with van der Waals surface area (Å²) in [5, 5.41) is 14.5.